The van der Waals surface area contributed by atoms with Gasteiger partial charge in [0.1, 0.15) is 11.4 Å². The monoisotopic (exact) mass is 445 g/mol. The fourth-order valence-corrected chi connectivity index (χ4v) is 4.24. The number of hydrogen-bond donors (Lipinski definition) is 1. The number of aromatic nitrogens is 1. The molecule has 7 heteroatoms. The number of rotatable bonds is 4. The summed E-state index contributed by atoms with van der Waals surface area (Å²) < 4.78 is 15.4. The van der Waals surface area contributed by atoms with Crippen molar-refractivity contribution in [1.29, 1.82) is 0 Å². The van der Waals surface area contributed by atoms with Gasteiger partial charge in [0, 0.05) is 11.4 Å². The molecule has 1 saturated heterocycles. The Morgan fingerprint density at radius 2 is 1.70 bits per heavy atom. The minimum absolute atomic E-state index is 0.167. The Bertz CT molecular complexity index is 1320. The van der Waals surface area contributed by atoms with E-state index < -0.39 is 23.7 Å². The van der Waals surface area contributed by atoms with Gasteiger partial charge in [-0.3, -0.25) is 14.9 Å². The molecule has 1 fully saturated rings. The van der Waals surface area contributed by atoms with E-state index in [2.05, 4.69) is 35.9 Å². The standard InChI is InChI=1S/C26H24FN3O3/c1-5-18-8-6-7-15(2)23(18)29-16(3)13-19(17(29)4)14-22-24(31)28-26(33)30(25(22)32)21-11-9-20(27)10-12-21/h6-14H,5H2,1-4H3,(H,28,31,33)/b22-14+. The normalized spacial score (nSPS) is 15.4. The van der Waals surface area contributed by atoms with Crippen molar-refractivity contribution in [3.05, 3.63) is 88.0 Å². The topological polar surface area (TPSA) is 71.4 Å². The van der Waals surface area contributed by atoms with Crippen molar-refractivity contribution in [3.63, 3.8) is 0 Å². The number of amides is 4. The molecule has 4 rings (SSSR count). The maximum atomic E-state index is 13.3. The Morgan fingerprint density at radius 3 is 2.36 bits per heavy atom. The second-order valence-corrected chi connectivity index (χ2v) is 8.03. The average molecular weight is 445 g/mol. The maximum absolute atomic E-state index is 13.3. The van der Waals surface area contributed by atoms with Gasteiger partial charge in [-0.25, -0.2) is 14.1 Å². The van der Waals surface area contributed by atoms with Crippen molar-refractivity contribution in [2.45, 2.75) is 34.1 Å². The molecule has 1 N–H and O–H groups in total. The smallest absolute Gasteiger partial charge is 0.317 e. The van der Waals surface area contributed by atoms with Crippen molar-refractivity contribution in [3.8, 4) is 5.69 Å². The number of nitrogens with one attached hydrogen (secondary N) is 1. The largest absolute Gasteiger partial charge is 0.335 e. The molecule has 0 unspecified atom stereocenters. The minimum Gasteiger partial charge on any atom is -0.317 e. The van der Waals surface area contributed by atoms with E-state index >= 15 is 0 Å². The highest BCUT2D eigenvalue weighted by atomic mass is 19.1. The summed E-state index contributed by atoms with van der Waals surface area (Å²) in [5.41, 5.74) is 5.93. The SMILES string of the molecule is CCc1cccc(C)c1-n1c(C)cc(/C=C2\C(=O)NC(=O)N(c3ccc(F)cc3)C2=O)c1C. The number of carbonyl (C=O) groups is 3. The van der Waals surface area contributed by atoms with Crippen LogP contribution in [0.25, 0.3) is 11.8 Å². The molecule has 0 radical (unpaired) electrons. The number of hydrogen-bond acceptors (Lipinski definition) is 3. The Hall–Kier alpha value is -4.00. The van der Waals surface area contributed by atoms with Crippen LogP contribution in [0, 0.1) is 26.6 Å². The summed E-state index contributed by atoms with van der Waals surface area (Å²) in [4.78, 5) is 38.9. The van der Waals surface area contributed by atoms with Crippen LogP contribution in [0.15, 0.2) is 54.1 Å². The highest BCUT2D eigenvalue weighted by molar-refractivity contribution is 6.39. The molecule has 0 atom stereocenters. The molecule has 33 heavy (non-hydrogen) atoms. The number of urea groups is 1. The van der Waals surface area contributed by atoms with Crippen LogP contribution in [0.1, 0.15) is 35.0 Å². The molecule has 0 bridgehead atoms. The lowest BCUT2D eigenvalue weighted by molar-refractivity contribution is -0.122. The molecular formula is C26H24FN3O3. The predicted octanol–water partition coefficient (Wildman–Crippen LogP) is 4.77. The van der Waals surface area contributed by atoms with Gasteiger partial charge in [0.15, 0.2) is 0 Å². The number of imide groups is 2. The van der Waals surface area contributed by atoms with Gasteiger partial charge in [-0.2, -0.15) is 0 Å². The van der Waals surface area contributed by atoms with Gasteiger partial charge in [0.25, 0.3) is 11.8 Å². The third kappa shape index (κ3) is 3.86. The summed E-state index contributed by atoms with van der Waals surface area (Å²) in [6.45, 7) is 8.05. The number of nitrogens with zero attached hydrogens (tertiary/aromatic N) is 2. The summed E-state index contributed by atoms with van der Waals surface area (Å²) >= 11 is 0. The minimum atomic E-state index is -0.869. The second-order valence-electron chi connectivity index (χ2n) is 8.03. The first-order valence-corrected chi connectivity index (χ1v) is 10.7. The molecule has 2 heterocycles. The highest BCUT2D eigenvalue weighted by Gasteiger charge is 2.37. The lowest BCUT2D eigenvalue weighted by Crippen LogP contribution is -2.54. The lowest BCUT2D eigenvalue weighted by atomic mass is 10.0. The van der Waals surface area contributed by atoms with E-state index in [-0.39, 0.29) is 11.3 Å². The Balaban J connectivity index is 1.80. The predicted molar refractivity (Wildman–Crippen MR) is 125 cm³/mol. The van der Waals surface area contributed by atoms with Crippen LogP contribution in [-0.4, -0.2) is 22.4 Å². The van der Waals surface area contributed by atoms with E-state index in [9.17, 15) is 18.8 Å². The maximum Gasteiger partial charge on any atom is 0.335 e. The van der Waals surface area contributed by atoms with Crippen LogP contribution in [0.4, 0.5) is 14.9 Å². The first kappa shape index (κ1) is 22.2. The van der Waals surface area contributed by atoms with Crippen LogP contribution < -0.4 is 10.2 Å². The zero-order chi connectivity index (χ0) is 23.9. The van der Waals surface area contributed by atoms with E-state index in [1.807, 2.05) is 26.0 Å². The van der Waals surface area contributed by atoms with Crippen molar-refractivity contribution in [1.82, 2.24) is 9.88 Å². The Morgan fingerprint density at radius 1 is 1.00 bits per heavy atom. The highest BCUT2D eigenvalue weighted by Crippen LogP contribution is 2.29. The fraction of sp³-hybridized carbons (Fsp3) is 0.192. The van der Waals surface area contributed by atoms with Crippen LogP contribution in [0.5, 0.6) is 0 Å². The molecule has 6 nitrogen and oxygen atoms in total. The molecule has 2 aromatic carbocycles. The molecule has 1 aliphatic heterocycles. The number of barbiturate groups is 1. The number of para-hydroxylation sites is 1. The quantitative estimate of drug-likeness (QED) is 0.465. The average Bonchev–Trinajstić information content (AvgIpc) is 3.05. The number of carbonyl (C=O) groups excluding carboxylic acids is 3. The second kappa shape index (κ2) is 8.50. The third-order valence-electron chi connectivity index (χ3n) is 5.88. The molecule has 0 spiro atoms. The summed E-state index contributed by atoms with van der Waals surface area (Å²) in [6.07, 6.45) is 2.36. The van der Waals surface area contributed by atoms with Gasteiger partial charge >= 0.3 is 6.03 Å². The van der Waals surface area contributed by atoms with E-state index in [0.29, 0.717) is 5.56 Å². The van der Waals surface area contributed by atoms with E-state index in [1.54, 1.807) is 0 Å². The molecule has 0 aliphatic carbocycles. The number of anilines is 1. The van der Waals surface area contributed by atoms with Gasteiger partial charge in [0.05, 0.1) is 11.4 Å². The number of benzene rings is 2. The van der Waals surface area contributed by atoms with Gasteiger partial charge in [-0.1, -0.05) is 25.1 Å². The first-order valence-electron chi connectivity index (χ1n) is 10.7. The number of aryl methyl sites for hydroxylation is 3. The summed E-state index contributed by atoms with van der Waals surface area (Å²) in [6, 6.07) is 12.1. The zero-order valence-electron chi connectivity index (χ0n) is 18.9. The molecule has 0 saturated carbocycles. The molecule has 1 aliphatic rings. The van der Waals surface area contributed by atoms with Gasteiger partial charge in [-0.15, -0.1) is 0 Å². The van der Waals surface area contributed by atoms with Gasteiger partial charge in [0.2, 0.25) is 0 Å². The van der Waals surface area contributed by atoms with E-state index in [4.69, 9.17) is 0 Å². The molecule has 4 amide bonds. The van der Waals surface area contributed by atoms with Crippen molar-refractivity contribution in [2.24, 2.45) is 0 Å². The van der Waals surface area contributed by atoms with Crippen LogP contribution in [0.3, 0.4) is 0 Å². The van der Waals surface area contributed by atoms with E-state index in [1.165, 1.54) is 23.8 Å². The lowest BCUT2D eigenvalue weighted by Gasteiger charge is -2.26. The van der Waals surface area contributed by atoms with Crippen LogP contribution in [0.2, 0.25) is 0 Å². The first-order chi connectivity index (χ1) is 15.7. The number of halogens is 1. The molecular weight excluding hydrogens is 421 g/mol. The zero-order valence-corrected chi connectivity index (χ0v) is 18.9. The molecule has 168 valence electrons. The summed E-state index contributed by atoms with van der Waals surface area (Å²) in [5.74, 6) is -2.02. The van der Waals surface area contributed by atoms with Crippen molar-refractivity contribution < 1.29 is 18.8 Å². The fourth-order valence-electron chi connectivity index (χ4n) is 4.24. The van der Waals surface area contributed by atoms with Crippen molar-refractivity contribution in [2.75, 3.05) is 4.90 Å². The van der Waals surface area contributed by atoms with Crippen LogP contribution >= 0.6 is 0 Å². The summed E-state index contributed by atoms with van der Waals surface area (Å²) in [5, 5.41) is 2.20. The van der Waals surface area contributed by atoms with Crippen molar-refractivity contribution >= 4 is 29.6 Å². The summed E-state index contributed by atoms with van der Waals surface area (Å²) in [7, 11) is 0. The van der Waals surface area contributed by atoms with Gasteiger partial charge < -0.3 is 4.57 Å². The van der Waals surface area contributed by atoms with Gasteiger partial charge in [-0.05, 0) is 80.3 Å². The Labute approximate surface area is 191 Å². The molecule has 1 aromatic heterocycles. The Kier molecular flexibility index (Phi) is 5.72. The third-order valence-corrected chi connectivity index (χ3v) is 5.88. The van der Waals surface area contributed by atoms with Crippen LogP contribution in [-0.2, 0) is 16.0 Å². The molecule has 3 aromatic rings. The van der Waals surface area contributed by atoms with E-state index in [0.717, 1.165) is 46.1 Å².